The maximum atomic E-state index is 11.7. The van der Waals surface area contributed by atoms with Crippen LogP contribution in [0.4, 0.5) is 0 Å². The van der Waals surface area contributed by atoms with Gasteiger partial charge in [0.2, 0.25) is 0 Å². The zero-order valence-corrected chi connectivity index (χ0v) is 14.1. The van der Waals surface area contributed by atoms with Crippen molar-refractivity contribution in [2.75, 3.05) is 26.9 Å². The molecule has 0 aromatic carbocycles. The van der Waals surface area contributed by atoms with Gasteiger partial charge in [-0.1, -0.05) is 0 Å². The Morgan fingerprint density at radius 1 is 1.04 bits per heavy atom. The van der Waals surface area contributed by atoms with E-state index in [-0.39, 0.29) is 26.2 Å². The van der Waals surface area contributed by atoms with Crippen LogP contribution in [0.15, 0.2) is 0 Å². The third kappa shape index (κ3) is 10.6. The summed E-state index contributed by atoms with van der Waals surface area (Å²) in [5, 5.41) is 8.98. The van der Waals surface area contributed by atoms with E-state index in [4.69, 9.17) is 24.1 Å². The first-order chi connectivity index (χ1) is 10.7. The Hall–Kier alpha value is -1.67. The van der Waals surface area contributed by atoms with Gasteiger partial charge in [0.25, 0.3) is 0 Å². The van der Waals surface area contributed by atoms with E-state index >= 15 is 0 Å². The van der Waals surface area contributed by atoms with E-state index < -0.39 is 29.6 Å². The molecule has 0 spiro atoms. The first-order valence-electron chi connectivity index (χ1n) is 7.34. The van der Waals surface area contributed by atoms with Gasteiger partial charge in [0.05, 0.1) is 5.60 Å². The summed E-state index contributed by atoms with van der Waals surface area (Å²) >= 11 is 0. The molecule has 0 saturated heterocycles. The van der Waals surface area contributed by atoms with Gasteiger partial charge in [-0.25, -0.2) is 0 Å². The second kappa shape index (κ2) is 11.0. The van der Waals surface area contributed by atoms with E-state index in [0.717, 1.165) is 0 Å². The molecule has 0 saturated carbocycles. The third-order valence-corrected chi connectivity index (χ3v) is 3.23. The van der Waals surface area contributed by atoms with Gasteiger partial charge in [0.1, 0.15) is 13.2 Å². The van der Waals surface area contributed by atoms with Crippen molar-refractivity contribution in [3.05, 3.63) is 0 Å². The molecule has 0 fully saturated rings. The Morgan fingerprint density at radius 3 is 2.13 bits per heavy atom. The van der Waals surface area contributed by atoms with Crippen LogP contribution in [0.5, 0.6) is 0 Å². The van der Waals surface area contributed by atoms with Gasteiger partial charge < -0.3 is 24.1 Å². The highest BCUT2D eigenvalue weighted by Crippen LogP contribution is 2.21. The molecule has 2 atom stereocenters. The molecule has 8 heteroatoms. The molecule has 0 bridgehead atoms. The van der Waals surface area contributed by atoms with Gasteiger partial charge in [-0.2, -0.15) is 0 Å². The van der Waals surface area contributed by atoms with Crippen molar-refractivity contribution < 1.29 is 38.4 Å². The highest BCUT2D eigenvalue weighted by Gasteiger charge is 2.25. The highest BCUT2D eigenvalue weighted by atomic mass is 16.6. The Bertz CT molecular complexity index is 395. The first-order valence-corrected chi connectivity index (χ1v) is 7.34. The Labute approximate surface area is 136 Å². The molecule has 0 aliphatic rings. The molecular weight excluding hydrogens is 308 g/mol. The SMILES string of the molecule is COC(C)(CCO)CCC(=O)OCC(COC(C)=O)OC(C)=O. The van der Waals surface area contributed by atoms with Crippen LogP contribution >= 0.6 is 0 Å². The summed E-state index contributed by atoms with van der Waals surface area (Å²) in [5.41, 5.74) is -0.610. The number of carbonyl (C=O) groups is 3. The monoisotopic (exact) mass is 334 g/mol. The van der Waals surface area contributed by atoms with Crippen LogP contribution in [-0.4, -0.2) is 61.6 Å². The molecule has 0 aliphatic heterocycles. The number of ether oxygens (including phenoxy) is 4. The summed E-state index contributed by atoms with van der Waals surface area (Å²) in [6.45, 7) is 3.80. The van der Waals surface area contributed by atoms with Crippen molar-refractivity contribution >= 4 is 17.9 Å². The molecule has 23 heavy (non-hydrogen) atoms. The van der Waals surface area contributed by atoms with Crippen molar-refractivity contribution in [1.82, 2.24) is 0 Å². The van der Waals surface area contributed by atoms with Gasteiger partial charge in [0.15, 0.2) is 6.10 Å². The second-order valence-electron chi connectivity index (χ2n) is 5.34. The molecule has 134 valence electrons. The van der Waals surface area contributed by atoms with Gasteiger partial charge in [0, 0.05) is 34.0 Å². The maximum Gasteiger partial charge on any atom is 0.306 e. The normalized spacial score (nSPS) is 14.5. The van der Waals surface area contributed by atoms with Crippen molar-refractivity contribution in [3.8, 4) is 0 Å². The first kappa shape index (κ1) is 21.3. The number of carbonyl (C=O) groups excluding carboxylic acids is 3. The molecule has 0 heterocycles. The predicted octanol–water partition coefficient (Wildman–Crippen LogP) is 0.592. The lowest BCUT2D eigenvalue weighted by Gasteiger charge is -2.27. The topological polar surface area (TPSA) is 108 Å². The van der Waals surface area contributed by atoms with Crippen molar-refractivity contribution in [3.63, 3.8) is 0 Å². The second-order valence-corrected chi connectivity index (χ2v) is 5.34. The number of aliphatic hydroxyl groups excluding tert-OH is 1. The number of esters is 3. The molecule has 8 nitrogen and oxygen atoms in total. The van der Waals surface area contributed by atoms with Gasteiger partial charge in [-0.3, -0.25) is 14.4 Å². The molecule has 0 radical (unpaired) electrons. The zero-order chi connectivity index (χ0) is 17.9. The van der Waals surface area contributed by atoms with Crippen LogP contribution in [0.3, 0.4) is 0 Å². The minimum atomic E-state index is -0.841. The fourth-order valence-electron chi connectivity index (χ4n) is 1.75. The van der Waals surface area contributed by atoms with Crippen LogP contribution in [0.25, 0.3) is 0 Å². The fourth-order valence-corrected chi connectivity index (χ4v) is 1.75. The summed E-state index contributed by atoms with van der Waals surface area (Å²) in [4.78, 5) is 33.5. The molecule has 0 aromatic rings. The minimum absolute atomic E-state index is 0.0453. The fraction of sp³-hybridized carbons (Fsp3) is 0.800. The number of hydrogen-bond acceptors (Lipinski definition) is 8. The average molecular weight is 334 g/mol. The van der Waals surface area contributed by atoms with E-state index in [0.29, 0.717) is 12.8 Å². The van der Waals surface area contributed by atoms with E-state index in [1.807, 2.05) is 0 Å². The maximum absolute atomic E-state index is 11.7. The van der Waals surface area contributed by atoms with Crippen molar-refractivity contribution in [2.45, 2.75) is 51.7 Å². The summed E-state index contributed by atoms with van der Waals surface area (Å²) < 4.78 is 20.0. The molecule has 0 amide bonds. The summed E-state index contributed by atoms with van der Waals surface area (Å²) in [5.74, 6) is -1.58. The summed E-state index contributed by atoms with van der Waals surface area (Å²) in [6, 6.07) is 0. The van der Waals surface area contributed by atoms with E-state index in [1.54, 1.807) is 6.92 Å². The summed E-state index contributed by atoms with van der Waals surface area (Å²) in [7, 11) is 1.51. The largest absolute Gasteiger partial charge is 0.462 e. The lowest BCUT2D eigenvalue weighted by molar-refractivity contribution is -0.165. The van der Waals surface area contributed by atoms with Crippen LogP contribution in [0.2, 0.25) is 0 Å². The minimum Gasteiger partial charge on any atom is -0.462 e. The lowest BCUT2D eigenvalue weighted by Crippen LogP contribution is -2.32. The summed E-state index contributed by atoms with van der Waals surface area (Å²) in [6.07, 6.45) is 0.0290. The number of aliphatic hydroxyl groups is 1. The van der Waals surface area contributed by atoms with Crippen molar-refractivity contribution in [2.24, 2.45) is 0 Å². The van der Waals surface area contributed by atoms with Gasteiger partial charge >= 0.3 is 17.9 Å². The Kier molecular flexibility index (Phi) is 10.2. The number of rotatable bonds is 11. The molecular formula is C15H26O8. The lowest BCUT2D eigenvalue weighted by atomic mass is 9.96. The smallest absolute Gasteiger partial charge is 0.306 e. The van der Waals surface area contributed by atoms with Gasteiger partial charge in [-0.05, 0) is 19.8 Å². The van der Waals surface area contributed by atoms with Crippen LogP contribution in [-0.2, 0) is 33.3 Å². The average Bonchev–Trinajstić information content (AvgIpc) is 2.47. The quantitative estimate of drug-likeness (QED) is 0.432. The predicted molar refractivity (Wildman–Crippen MR) is 79.5 cm³/mol. The van der Waals surface area contributed by atoms with E-state index in [9.17, 15) is 14.4 Å². The van der Waals surface area contributed by atoms with Crippen molar-refractivity contribution in [1.29, 1.82) is 0 Å². The number of hydrogen-bond donors (Lipinski definition) is 1. The molecule has 0 rings (SSSR count). The molecule has 0 aromatic heterocycles. The van der Waals surface area contributed by atoms with Crippen LogP contribution < -0.4 is 0 Å². The zero-order valence-electron chi connectivity index (χ0n) is 14.1. The Morgan fingerprint density at radius 2 is 1.65 bits per heavy atom. The Balaban J connectivity index is 4.29. The standard InChI is InChI=1S/C15H26O8/c1-11(17)21-9-13(23-12(2)18)10-22-14(19)5-6-15(3,20-4)7-8-16/h13,16H,5-10H2,1-4H3. The molecule has 0 aliphatic carbocycles. The molecule has 2 unspecified atom stereocenters. The van der Waals surface area contributed by atoms with Crippen LogP contribution in [0, 0.1) is 0 Å². The van der Waals surface area contributed by atoms with E-state index in [1.165, 1.54) is 21.0 Å². The highest BCUT2D eigenvalue weighted by molar-refractivity contribution is 5.69. The third-order valence-electron chi connectivity index (χ3n) is 3.23. The molecule has 1 N–H and O–H groups in total. The van der Waals surface area contributed by atoms with E-state index in [2.05, 4.69) is 0 Å². The number of methoxy groups -OCH3 is 1. The van der Waals surface area contributed by atoms with Gasteiger partial charge in [-0.15, -0.1) is 0 Å². The van der Waals surface area contributed by atoms with Crippen LogP contribution in [0.1, 0.15) is 40.0 Å².